The first kappa shape index (κ1) is 14.8. The lowest BCUT2D eigenvalue weighted by atomic mass is 10.1. The monoisotopic (exact) mass is 280 g/mol. The van der Waals surface area contributed by atoms with E-state index in [2.05, 4.69) is 5.32 Å². The summed E-state index contributed by atoms with van der Waals surface area (Å²) in [6, 6.07) is 3.96. The van der Waals surface area contributed by atoms with Crippen molar-refractivity contribution in [3.8, 4) is 5.75 Å². The number of likely N-dealkylation sites (tertiary alicyclic amines) is 1. The largest absolute Gasteiger partial charge is 0.505 e. The Bertz CT molecular complexity index is 473. The molecular formula is C15H21FN2O2. The Morgan fingerprint density at radius 1 is 1.40 bits per heavy atom. The van der Waals surface area contributed by atoms with Gasteiger partial charge in [-0.05, 0) is 43.9 Å². The van der Waals surface area contributed by atoms with Crippen molar-refractivity contribution in [3.63, 3.8) is 0 Å². The van der Waals surface area contributed by atoms with E-state index in [0.717, 1.165) is 25.9 Å². The third kappa shape index (κ3) is 3.70. The Balaban J connectivity index is 1.85. The molecule has 1 saturated heterocycles. The normalized spacial score (nSPS) is 17.0. The van der Waals surface area contributed by atoms with Gasteiger partial charge >= 0.3 is 0 Å². The lowest BCUT2D eigenvalue weighted by Gasteiger charge is -2.29. The number of phenolic OH excluding ortho intramolecular Hbond substituents is 1. The molecule has 4 nitrogen and oxygen atoms in total. The van der Waals surface area contributed by atoms with Crippen LogP contribution in [0, 0.1) is 5.82 Å². The van der Waals surface area contributed by atoms with Crippen molar-refractivity contribution in [2.75, 3.05) is 13.1 Å². The Labute approximate surface area is 118 Å². The van der Waals surface area contributed by atoms with Gasteiger partial charge in [0.2, 0.25) is 5.91 Å². The molecule has 1 aromatic rings. The van der Waals surface area contributed by atoms with Crippen molar-refractivity contribution in [3.05, 3.63) is 29.6 Å². The van der Waals surface area contributed by atoms with Crippen LogP contribution < -0.4 is 5.32 Å². The van der Waals surface area contributed by atoms with Crippen LogP contribution in [0.3, 0.4) is 0 Å². The van der Waals surface area contributed by atoms with E-state index >= 15 is 0 Å². The summed E-state index contributed by atoms with van der Waals surface area (Å²) in [5, 5.41) is 12.2. The van der Waals surface area contributed by atoms with Crippen LogP contribution in [0.2, 0.25) is 0 Å². The molecule has 0 spiro atoms. The highest BCUT2D eigenvalue weighted by Crippen LogP contribution is 2.16. The van der Waals surface area contributed by atoms with Gasteiger partial charge in [0.1, 0.15) is 0 Å². The number of nitrogens with one attached hydrogen (secondary N) is 1. The quantitative estimate of drug-likeness (QED) is 0.887. The van der Waals surface area contributed by atoms with Gasteiger partial charge in [0.15, 0.2) is 11.6 Å². The molecule has 1 amide bonds. The van der Waals surface area contributed by atoms with Gasteiger partial charge < -0.3 is 15.3 Å². The number of phenols is 1. The number of aromatic hydroxyl groups is 1. The highest BCUT2D eigenvalue weighted by molar-refractivity contribution is 5.81. The summed E-state index contributed by atoms with van der Waals surface area (Å²) >= 11 is 0. The molecular weight excluding hydrogens is 259 g/mol. The molecule has 0 aromatic heterocycles. The van der Waals surface area contributed by atoms with Crippen molar-refractivity contribution in [2.45, 2.75) is 38.8 Å². The molecule has 1 atom stereocenters. The predicted octanol–water partition coefficient (Wildman–Crippen LogP) is 2.02. The van der Waals surface area contributed by atoms with Crippen LogP contribution in [0.15, 0.2) is 18.2 Å². The second-order valence-electron chi connectivity index (χ2n) is 5.27. The molecule has 0 aliphatic carbocycles. The highest BCUT2D eigenvalue weighted by Gasteiger charge is 2.21. The van der Waals surface area contributed by atoms with Gasteiger partial charge in [-0.3, -0.25) is 4.79 Å². The summed E-state index contributed by atoms with van der Waals surface area (Å²) < 4.78 is 13.2. The number of amides is 1. The number of carbonyl (C=O) groups excluding carboxylic acids is 1. The molecule has 2 rings (SSSR count). The van der Waals surface area contributed by atoms with E-state index < -0.39 is 5.82 Å². The predicted molar refractivity (Wildman–Crippen MR) is 74.8 cm³/mol. The summed E-state index contributed by atoms with van der Waals surface area (Å²) in [5.74, 6) is -0.894. The second-order valence-corrected chi connectivity index (χ2v) is 5.27. The fourth-order valence-corrected chi connectivity index (χ4v) is 2.41. The first-order valence-electron chi connectivity index (χ1n) is 7.07. The van der Waals surface area contributed by atoms with Crippen molar-refractivity contribution >= 4 is 5.91 Å². The number of piperidine rings is 1. The summed E-state index contributed by atoms with van der Waals surface area (Å²) in [7, 11) is 0. The molecule has 1 aliphatic heterocycles. The highest BCUT2D eigenvalue weighted by atomic mass is 19.1. The summed E-state index contributed by atoms with van der Waals surface area (Å²) in [6.45, 7) is 3.89. The van der Waals surface area contributed by atoms with Crippen molar-refractivity contribution < 1.29 is 14.3 Å². The summed E-state index contributed by atoms with van der Waals surface area (Å²) in [6.07, 6.45) is 3.33. The van der Waals surface area contributed by atoms with E-state index in [1.54, 1.807) is 6.07 Å². The third-order valence-electron chi connectivity index (χ3n) is 3.66. The molecule has 1 heterocycles. The zero-order valence-corrected chi connectivity index (χ0v) is 11.7. The SMILES string of the molecule is CC(NCc1ccc(O)c(F)c1)C(=O)N1CCCCC1. The van der Waals surface area contributed by atoms with Crippen LogP contribution in [0.5, 0.6) is 5.75 Å². The number of rotatable bonds is 4. The molecule has 20 heavy (non-hydrogen) atoms. The fourth-order valence-electron chi connectivity index (χ4n) is 2.41. The molecule has 1 fully saturated rings. The Morgan fingerprint density at radius 3 is 2.75 bits per heavy atom. The minimum absolute atomic E-state index is 0.101. The van der Waals surface area contributed by atoms with E-state index in [0.29, 0.717) is 12.1 Å². The van der Waals surface area contributed by atoms with Crippen molar-refractivity contribution in [1.82, 2.24) is 10.2 Å². The van der Waals surface area contributed by atoms with E-state index in [1.165, 1.54) is 18.6 Å². The molecule has 1 aliphatic rings. The topological polar surface area (TPSA) is 52.6 Å². The van der Waals surface area contributed by atoms with Gasteiger partial charge in [0.25, 0.3) is 0 Å². The number of nitrogens with zero attached hydrogens (tertiary/aromatic N) is 1. The molecule has 2 N–H and O–H groups in total. The first-order chi connectivity index (χ1) is 9.58. The van der Waals surface area contributed by atoms with Gasteiger partial charge in [0.05, 0.1) is 6.04 Å². The maximum Gasteiger partial charge on any atom is 0.239 e. The molecule has 1 aromatic carbocycles. The molecule has 0 bridgehead atoms. The van der Waals surface area contributed by atoms with Crippen molar-refractivity contribution in [2.24, 2.45) is 0 Å². The standard InChI is InChI=1S/C15H21FN2O2/c1-11(15(20)18-7-3-2-4-8-18)17-10-12-5-6-14(19)13(16)9-12/h5-6,9,11,17,19H,2-4,7-8,10H2,1H3. The average Bonchev–Trinajstić information content (AvgIpc) is 2.48. The van der Waals surface area contributed by atoms with Crippen LogP contribution in [0.4, 0.5) is 4.39 Å². The number of carbonyl (C=O) groups is 1. The maximum atomic E-state index is 13.2. The Kier molecular flexibility index (Phi) is 4.95. The Hall–Kier alpha value is -1.62. The van der Waals surface area contributed by atoms with Crippen molar-refractivity contribution in [1.29, 1.82) is 0 Å². The van der Waals surface area contributed by atoms with Gasteiger partial charge in [-0.2, -0.15) is 0 Å². The molecule has 0 radical (unpaired) electrons. The lowest BCUT2D eigenvalue weighted by molar-refractivity contribution is -0.133. The van der Waals surface area contributed by atoms with Crippen LogP contribution in [-0.4, -0.2) is 35.0 Å². The van der Waals surface area contributed by atoms with Gasteiger partial charge in [-0.25, -0.2) is 4.39 Å². The van der Waals surface area contributed by atoms with Gasteiger partial charge in [-0.15, -0.1) is 0 Å². The molecule has 1 unspecified atom stereocenters. The second kappa shape index (κ2) is 6.70. The lowest BCUT2D eigenvalue weighted by Crippen LogP contribution is -2.46. The zero-order valence-electron chi connectivity index (χ0n) is 11.7. The average molecular weight is 280 g/mol. The minimum atomic E-state index is -0.640. The maximum absolute atomic E-state index is 13.2. The first-order valence-corrected chi connectivity index (χ1v) is 7.07. The zero-order chi connectivity index (χ0) is 14.5. The summed E-state index contributed by atoms with van der Waals surface area (Å²) in [5.41, 5.74) is 0.707. The smallest absolute Gasteiger partial charge is 0.239 e. The van der Waals surface area contributed by atoms with E-state index in [4.69, 9.17) is 5.11 Å². The van der Waals surface area contributed by atoms with E-state index in [9.17, 15) is 9.18 Å². The number of benzene rings is 1. The van der Waals surface area contributed by atoms with Crippen LogP contribution in [0.1, 0.15) is 31.7 Å². The van der Waals surface area contributed by atoms with Gasteiger partial charge in [0, 0.05) is 19.6 Å². The Morgan fingerprint density at radius 2 is 2.10 bits per heavy atom. The van der Waals surface area contributed by atoms with Crippen LogP contribution >= 0.6 is 0 Å². The number of hydrogen-bond donors (Lipinski definition) is 2. The van der Waals surface area contributed by atoms with E-state index in [1.807, 2.05) is 11.8 Å². The molecule has 110 valence electrons. The van der Waals surface area contributed by atoms with Crippen LogP contribution in [0.25, 0.3) is 0 Å². The third-order valence-corrected chi connectivity index (χ3v) is 3.66. The van der Waals surface area contributed by atoms with Crippen LogP contribution in [-0.2, 0) is 11.3 Å². The minimum Gasteiger partial charge on any atom is -0.505 e. The number of hydrogen-bond acceptors (Lipinski definition) is 3. The summed E-state index contributed by atoms with van der Waals surface area (Å²) in [4.78, 5) is 14.1. The molecule has 0 saturated carbocycles. The molecule has 5 heteroatoms. The fraction of sp³-hybridized carbons (Fsp3) is 0.533. The van der Waals surface area contributed by atoms with E-state index in [-0.39, 0.29) is 17.7 Å². The number of halogens is 1. The van der Waals surface area contributed by atoms with Gasteiger partial charge in [-0.1, -0.05) is 6.07 Å².